The highest BCUT2D eigenvalue weighted by Crippen LogP contribution is 2.11. The zero-order chi connectivity index (χ0) is 14.3. The molecule has 2 N–H and O–H groups in total. The highest BCUT2D eigenvalue weighted by molar-refractivity contribution is 7.97. The summed E-state index contributed by atoms with van der Waals surface area (Å²) in [5.74, 6) is -0.568. The van der Waals surface area contributed by atoms with Gasteiger partial charge in [-0.05, 0) is 24.0 Å². The number of aliphatic carboxylic acids is 1. The Morgan fingerprint density at radius 3 is 2.79 bits per heavy atom. The van der Waals surface area contributed by atoms with Crippen molar-refractivity contribution in [3.05, 3.63) is 35.4 Å². The third-order valence-corrected chi connectivity index (χ3v) is 3.13. The van der Waals surface area contributed by atoms with Gasteiger partial charge in [0.05, 0.1) is 6.54 Å². The molecule has 0 heterocycles. The zero-order valence-corrected chi connectivity index (χ0v) is 11.7. The number of nitrogens with one attached hydrogen (secondary N) is 1. The average Bonchev–Trinajstić information content (AvgIpc) is 2.39. The third kappa shape index (κ3) is 4.92. The van der Waals surface area contributed by atoms with Gasteiger partial charge in [-0.2, -0.15) is 11.8 Å². The van der Waals surface area contributed by atoms with Gasteiger partial charge in [-0.15, -0.1) is 0 Å². The molecular weight excluding hydrogens is 266 g/mol. The van der Waals surface area contributed by atoms with Crippen LogP contribution in [0.15, 0.2) is 24.3 Å². The molecule has 19 heavy (non-hydrogen) atoms. The van der Waals surface area contributed by atoms with E-state index in [4.69, 9.17) is 9.84 Å². The van der Waals surface area contributed by atoms with Gasteiger partial charge in [-0.3, -0.25) is 4.79 Å². The van der Waals surface area contributed by atoms with Gasteiger partial charge in [-0.25, -0.2) is 4.79 Å². The maximum atomic E-state index is 11.9. The van der Waals surface area contributed by atoms with Crippen molar-refractivity contribution in [3.8, 4) is 0 Å². The number of hydrogen-bond donors (Lipinski definition) is 2. The molecule has 6 heteroatoms. The van der Waals surface area contributed by atoms with E-state index in [0.717, 1.165) is 11.3 Å². The lowest BCUT2D eigenvalue weighted by atomic mass is 10.1. The molecule has 1 aromatic rings. The van der Waals surface area contributed by atoms with Crippen LogP contribution in [0.1, 0.15) is 15.9 Å². The van der Waals surface area contributed by atoms with Crippen LogP contribution in [0.4, 0.5) is 0 Å². The molecule has 0 fully saturated rings. The third-order valence-electron chi connectivity index (χ3n) is 2.51. The first-order valence-corrected chi connectivity index (χ1v) is 7.09. The second kappa shape index (κ2) is 7.81. The SMILES string of the molecule is COC(CNC(=O)c1cccc(CSC)c1)C(=O)O. The van der Waals surface area contributed by atoms with Crippen molar-refractivity contribution in [2.75, 3.05) is 19.9 Å². The van der Waals surface area contributed by atoms with Crippen LogP contribution in [0, 0.1) is 0 Å². The molecule has 0 saturated carbocycles. The van der Waals surface area contributed by atoms with Crippen molar-refractivity contribution in [1.82, 2.24) is 5.32 Å². The fraction of sp³-hybridized carbons (Fsp3) is 0.385. The summed E-state index contributed by atoms with van der Waals surface area (Å²) < 4.78 is 4.74. The Labute approximate surface area is 116 Å². The number of carbonyl (C=O) groups excluding carboxylic acids is 1. The van der Waals surface area contributed by atoms with Crippen LogP contribution in [0.3, 0.4) is 0 Å². The first kappa shape index (κ1) is 15.5. The molecule has 0 spiro atoms. The Kier molecular flexibility index (Phi) is 6.38. The molecule has 0 aromatic heterocycles. The number of rotatable bonds is 7. The molecule has 0 aliphatic heterocycles. The number of ether oxygens (including phenoxy) is 1. The molecule has 0 bridgehead atoms. The number of methoxy groups -OCH3 is 1. The van der Waals surface area contributed by atoms with E-state index >= 15 is 0 Å². The molecule has 1 amide bonds. The van der Waals surface area contributed by atoms with Crippen LogP contribution < -0.4 is 5.32 Å². The second-order valence-electron chi connectivity index (χ2n) is 3.91. The summed E-state index contributed by atoms with van der Waals surface area (Å²) in [6.07, 6.45) is 0.960. The molecule has 1 unspecified atom stereocenters. The van der Waals surface area contributed by atoms with Crippen molar-refractivity contribution in [1.29, 1.82) is 0 Å². The van der Waals surface area contributed by atoms with E-state index in [0.29, 0.717) is 5.56 Å². The number of carbonyl (C=O) groups is 2. The number of thioether (sulfide) groups is 1. The van der Waals surface area contributed by atoms with E-state index in [-0.39, 0.29) is 12.5 Å². The summed E-state index contributed by atoms with van der Waals surface area (Å²) in [5.41, 5.74) is 1.58. The van der Waals surface area contributed by atoms with Gasteiger partial charge in [0.1, 0.15) is 0 Å². The maximum absolute atomic E-state index is 11.9. The number of amides is 1. The second-order valence-corrected chi connectivity index (χ2v) is 4.77. The Morgan fingerprint density at radius 2 is 2.21 bits per heavy atom. The van der Waals surface area contributed by atoms with Crippen LogP contribution in [0.2, 0.25) is 0 Å². The fourth-order valence-electron chi connectivity index (χ4n) is 1.53. The van der Waals surface area contributed by atoms with Gasteiger partial charge in [0.15, 0.2) is 6.10 Å². The number of carboxylic acid groups (broad SMARTS) is 1. The van der Waals surface area contributed by atoms with Crippen molar-refractivity contribution < 1.29 is 19.4 Å². The van der Waals surface area contributed by atoms with Gasteiger partial charge in [0.25, 0.3) is 5.91 Å². The highest BCUT2D eigenvalue weighted by atomic mass is 32.2. The quantitative estimate of drug-likeness (QED) is 0.790. The van der Waals surface area contributed by atoms with Gasteiger partial charge in [0, 0.05) is 18.4 Å². The van der Waals surface area contributed by atoms with Crippen molar-refractivity contribution in [2.24, 2.45) is 0 Å². The zero-order valence-electron chi connectivity index (χ0n) is 10.9. The Balaban J connectivity index is 2.62. The Hall–Kier alpha value is -1.53. The molecule has 0 radical (unpaired) electrons. The summed E-state index contributed by atoms with van der Waals surface area (Å²) in [4.78, 5) is 22.6. The van der Waals surface area contributed by atoms with E-state index in [2.05, 4.69) is 5.32 Å². The molecule has 104 valence electrons. The number of carboxylic acids is 1. The minimum absolute atomic E-state index is 0.0581. The average molecular weight is 283 g/mol. The van der Waals surface area contributed by atoms with Crippen LogP contribution >= 0.6 is 11.8 Å². The van der Waals surface area contributed by atoms with E-state index in [1.54, 1.807) is 23.9 Å². The topological polar surface area (TPSA) is 75.6 Å². The first-order chi connectivity index (χ1) is 9.08. The number of benzene rings is 1. The minimum atomic E-state index is -1.10. The minimum Gasteiger partial charge on any atom is -0.479 e. The predicted molar refractivity (Wildman–Crippen MR) is 74.4 cm³/mol. The normalized spacial score (nSPS) is 11.9. The first-order valence-electron chi connectivity index (χ1n) is 5.70. The Bertz CT molecular complexity index is 450. The summed E-state index contributed by atoms with van der Waals surface area (Å²) in [6, 6.07) is 7.25. The van der Waals surface area contributed by atoms with E-state index in [9.17, 15) is 9.59 Å². The van der Waals surface area contributed by atoms with E-state index < -0.39 is 12.1 Å². The molecule has 5 nitrogen and oxygen atoms in total. The van der Waals surface area contributed by atoms with Crippen LogP contribution in [0.25, 0.3) is 0 Å². The summed E-state index contributed by atoms with van der Waals surface area (Å²) >= 11 is 1.67. The lowest BCUT2D eigenvalue weighted by Gasteiger charge is -2.11. The molecule has 0 aliphatic carbocycles. The molecule has 1 atom stereocenters. The standard InChI is InChI=1S/C13H17NO4S/c1-18-11(13(16)17)7-14-12(15)10-5-3-4-9(6-10)8-19-2/h3-6,11H,7-8H2,1-2H3,(H,14,15)(H,16,17). The summed E-state index contributed by atoms with van der Waals surface area (Å²) in [5, 5.41) is 11.3. The monoisotopic (exact) mass is 283 g/mol. The maximum Gasteiger partial charge on any atom is 0.334 e. The van der Waals surface area contributed by atoms with Gasteiger partial charge in [0.2, 0.25) is 0 Å². The summed E-state index contributed by atoms with van der Waals surface area (Å²) in [6.45, 7) is -0.0581. The lowest BCUT2D eigenvalue weighted by Crippen LogP contribution is -2.37. The molecule has 0 aliphatic rings. The smallest absolute Gasteiger partial charge is 0.334 e. The van der Waals surface area contributed by atoms with Crippen molar-refractivity contribution >= 4 is 23.6 Å². The summed E-state index contributed by atoms with van der Waals surface area (Å²) in [7, 11) is 1.30. The van der Waals surface area contributed by atoms with Gasteiger partial charge in [-0.1, -0.05) is 12.1 Å². The van der Waals surface area contributed by atoms with Crippen molar-refractivity contribution in [3.63, 3.8) is 0 Å². The van der Waals surface area contributed by atoms with Crippen LogP contribution in [0.5, 0.6) is 0 Å². The van der Waals surface area contributed by atoms with Crippen LogP contribution in [-0.2, 0) is 15.3 Å². The van der Waals surface area contributed by atoms with Crippen LogP contribution in [-0.4, -0.2) is 43.0 Å². The largest absolute Gasteiger partial charge is 0.479 e. The molecule has 1 aromatic carbocycles. The molecule has 1 rings (SSSR count). The lowest BCUT2D eigenvalue weighted by molar-refractivity contribution is -0.148. The van der Waals surface area contributed by atoms with Gasteiger partial charge < -0.3 is 15.2 Å². The highest BCUT2D eigenvalue weighted by Gasteiger charge is 2.17. The molecular formula is C13H17NO4S. The van der Waals surface area contributed by atoms with Gasteiger partial charge >= 0.3 is 5.97 Å². The number of hydrogen-bond acceptors (Lipinski definition) is 4. The van der Waals surface area contributed by atoms with E-state index in [1.807, 2.05) is 18.4 Å². The molecule has 0 saturated heterocycles. The fourth-order valence-corrected chi connectivity index (χ4v) is 2.04. The van der Waals surface area contributed by atoms with Crippen molar-refractivity contribution in [2.45, 2.75) is 11.9 Å². The van der Waals surface area contributed by atoms with E-state index in [1.165, 1.54) is 7.11 Å². The predicted octanol–water partition coefficient (Wildman–Crippen LogP) is 1.38. The Morgan fingerprint density at radius 1 is 1.47 bits per heavy atom.